The van der Waals surface area contributed by atoms with Gasteiger partial charge in [-0.2, -0.15) is 62.3 Å². The highest BCUT2D eigenvalue weighted by Gasteiger charge is 2.39. The Morgan fingerprint density at radius 1 is 0.549 bits per heavy atom. The second kappa shape index (κ2) is 25.5. The summed E-state index contributed by atoms with van der Waals surface area (Å²) in [5, 5.41) is 23.8. The van der Waals surface area contributed by atoms with Crippen LogP contribution in [0.5, 0.6) is 0 Å². The summed E-state index contributed by atoms with van der Waals surface area (Å²) in [5.41, 5.74) is 1.50. The molecule has 31 heteroatoms. The monoisotopic (exact) mass is 1190 g/mol. The molecule has 0 amide bonds. The molecule has 0 radical (unpaired) electrons. The van der Waals surface area contributed by atoms with Gasteiger partial charge in [-0.15, -0.1) is 10.2 Å². The van der Waals surface area contributed by atoms with Crippen molar-refractivity contribution in [3.05, 3.63) is 105 Å². The number of halogens is 12. The summed E-state index contributed by atoms with van der Waals surface area (Å²) in [6.45, 7) is 5.72. The number of pyridine rings is 2. The third-order valence-corrected chi connectivity index (χ3v) is 14.4. The van der Waals surface area contributed by atoms with Gasteiger partial charge in [0.15, 0.2) is 0 Å². The summed E-state index contributed by atoms with van der Waals surface area (Å²) >= 11 is 0. The molecule has 448 valence electrons. The van der Waals surface area contributed by atoms with Gasteiger partial charge in [0.25, 0.3) is 11.9 Å². The summed E-state index contributed by atoms with van der Waals surface area (Å²) < 4.78 is 189. The topological polar surface area (TPSA) is 198 Å². The number of alkyl halides is 12. The zero-order valence-electron chi connectivity index (χ0n) is 45.3. The lowest BCUT2D eigenvalue weighted by molar-refractivity contribution is -0.144. The SMILES string of the molecule is CCN(CC1CCCC1)c1ncc(N)cc1CN(Cc1cc(C(F)(F)F)cc(C(F)(F)F)c1)c1nnn(C)n1.CCN(CC1CCCC1)c1ncc(NS(C)(=O)=O)cc1CN(Cc1cc(C(F)(F)F)cc(C(F)(F)F)c1)c1nnn(C)n1. The van der Waals surface area contributed by atoms with Gasteiger partial charge >= 0.3 is 24.7 Å². The van der Waals surface area contributed by atoms with Crippen molar-refractivity contribution in [3.8, 4) is 0 Å². The fourth-order valence-corrected chi connectivity index (χ4v) is 10.6. The summed E-state index contributed by atoms with van der Waals surface area (Å²) in [4.78, 5) is 18.4. The van der Waals surface area contributed by atoms with E-state index < -0.39 is 63.5 Å². The first-order chi connectivity index (χ1) is 38.3. The minimum atomic E-state index is -5.02. The molecule has 0 aliphatic heterocycles. The molecule has 2 saturated carbocycles. The lowest BCUT2D eigenvalue weighted by Gasteiger charge is -2.29. The predicted molar refractivity (Wildman–Crippen MR) is 281 cm³/mol. The largest absolute Gasteiger partial charge is 0.416 e. The van der Waals surface area contributed by atoms with Crippen LogP contribution in [0.4, 0.5) is 87.6 Å². The number of tetrazole rings is 2. The maximum absolute atomic E-state index is 13.6. The van der Waals surface area contributed by atoms with Crippen LogP contribution in [0.15, 0.2) is 60.9 Å². The Morgan fingerprint density at radius 2 is 0.915 bits per heavy atom. The van der Waals surface area contributed by atoms with Gasteiger partial charge in [-0.05, 0) is 121 Å². The zero-order chi connectivity index (χ0) is 60.0. The number of anilines is 6. The number of hydrogen-bond donors (Lipinski definition) is 2. The third-order valence-electron chi connectivity index (χ3n) is 13.8. The molecule has 2 aliphatic carbocycles. The van der Waals surface area contributed by atoms with Crippen molar-refractivity contribution < 1.29 is 61.1 Å². The van der Waals surface area contributed by atoms with Crippen molar-refractivity contribution in [1.29, 1.82) is 0 Å². The molecule has 0 unspecified atom stereocenters. The Labute approximate surface area is 465 Å². The molecule has 4 heterocycles. The van der Waals surface area contributed by atoms with E-state index in [0.29, 0.717) is 84.2 Å². The first-order valence-electron chi connectivity index (χ1n) is 26.1. The minimum absolute atomic E-state index is 0.0256. The van der Waals surface area contributed by atoms with Crippen LogP contribution in [0.2, 0.25) is 0 Å². The van der Waals surface area contributed by atoms with Gasteiger partial charge < -0.3 is 25.3 Å². The molecule has 0 bridgehead atoms. The maximum Gasteiger partial charge on any atom is 0.416 e. The Morgan fingerprint density at radius 3 is 1.24 bits per heavy atom. The number of aryl methyl sites for hydroxylation is 2. The van der Waals surface area contributed by atoms with E-state index in [9.17, 15) is 61.1 Å². The highest BCUT2D eigenvalue weighted by atomic mass is 32.2. The Balaban J connectivity index is 0.000000237. The van der Waals surface area contributed by atoms with Crippen molar-refractivity contribution >= 4 is 44.9 Å². The van der Waals surface area contributed by atoms with Crippen molar-refractivity contribution in [2.75, 3.05) is 62.5 Å². The van der Waals surface area contributed by atoms with Crippen LogP contribution in [0, 0.1) is 11.8 Å². The molecular weight excluding hydrogens is 1130 g/mol. The van der Waals surface area contributed by atoms with E-state index in [0.717, 1.165) is 60.9 Å². The normalized spacial score (nSPS) is 14.7. The summed E-state index contributed by atoms with van der Waals surface area (Å²) in [7, 11) is -0.711. The molecule has 8 rings (SSSR count). The molecule has 0 saturated heterocycles. The Hall–Kier alpha value is -7.21. The summed E-state index contributed by atoms with van der Waals surface area (Å²) in [6.07, 6.45) is -7.18. The van der Waals surface area contributed by atoms with E-state index in [1.165, 1.54) is 55.2 Å². The number of rotatable bonds is 20. The van der Waals surface area contributed by atoms with Crippen LogP contribution in [-0.2, 0) is 75.0 Å². The highest BCUT2D eigenvalue weighted by molar-refractivity contribution is 7.92. The van der Waals surface area contributed by atoms with Gasteiger partial charge in [0, 0.05) is 50.4 Å². The van der Waals surface area contributed by atoms with E-state index >= 15 is 0 Å². The number of nitrogens with two attached hydrogens (primary N) is 1. The molecule has 2 fully saturated rings. The van der Waals surface area contributed by atoms with Gasteiger partial charge in [0.1, 0.15) is 11.6 Å². The average Bonchev–Trinajstić information content (AvgIpc) is 4.37. The van der Waals surface area contributed by atoms with Crippen LogP contribution < -0.4 is 30.1 Å². The first kappa shape index (κ1) is 62.4. The van der Waals surface area contributed by atoms with Gasteiger partial charge in [-0.3, -0.25) is 4.72 Å². The van der Waals surface area contributed by atoms with Crippen molar-refractivity contribution in [2.45, 2.75) is 116 Å². The van der Waals surface area contributed by atoms with Crippen LogP contribution in [0.25, 0.3) is 0 Å². The van der Waals surface area contributed by atoms with Crippen LogP contribution in [0.3, 0.4) is 0 Å². The molecule has 2 aliphatic rings. The molecule has 2 aromatic carbocycles. The average molecular weight is 1190 g/mol. The fourth-order valence-electron chi connectivity index (χ4n) is 10.1. The third kappa shape index (κ3) is 17.2. The number of nitrogens with zero attached hydrogens (tertiary/aromatic N) is 14. The van der Waals surface area contributed by atoms with Gasteiger partial charge in [0.05, 0.1) is 79.5 Å². The second-order valence-electron chi connectivity index (χ2n) is 20.4. The number of nitrogen functional groups attached to an aromatic ring is 1. The Kier molecular flexibility index (Phi) is 19.4. The summed E-state index contributed by atoms with van der Waals surface area (Å²) in [5.74, 6) is 2.07. The number of aromatic nitrogens is 10. The molecule has 0 atom stereocenters. The van der Waals surface area contributed by atoms with E-state index in [1.54, 1.807) is 6.07 Å². The molecule has 3 N–H and O–H groups in total. The van der Waals surface area contributed by atoms with Crippen LogP contribution in [0.1, 0.15) is 110 Å². The summed E-state index contributed by atoms with van der Waals surface area (Å²) in [6, 6.07) is 6.13. The second-order valence-corrected chi connectivity index (χ2v) is 22.2. The van der Waals surface area contributed by atoms with Crippen molar-refractivity contribution in [2.24, 2.45) is 25.9 Å². The van der Waals surface area contributed by atoms with Gasteiger partial charge in [-0.1, -0.05) is 35.9 Å². The maximum atomic E-state index is 13.6. The molecular formula is C51H62F12N16O2S. The van der Waals surface area contributed by atoms with Crippen molar-refractivity contribution in [3.63, 3.8) is 0 Å². The predicted octanol–water partition coefficient (Wildman–Crippen LogP) is 10.7. The minimum Gasteiger partial charge on any atom is -0.397 e. The molecule has 82 heavy (non-hydrogen) atoms. The highest BCUT2D eigenvalue weighted by Crippen LogP contribution is 2.40. The standard InChI is InChI=1S/C26H32F6N8O2S.C25H30F6N8/c1-4-39(14-17-7-5-6-8-17)23-19(11-22(13-33-23)36-43(3,41)42)16-40(24-34-37-38(2)35-24)15-18-9-20(25(27,28)29)12-21(10-18)26(30,31)32;1-3-38(13-16-6-4-5-7-16)22-18(10-21(32)12-33-22)15-39(23-34-36-37(2)35-23)14-17-8-19(24(26,27)28)11-20(9-17)25(29,30)31/h9-13,17,36H,4-8,14-16H2,1-3H3;8-12,16H,3-7,13-15,32H2,1-2H3. The van der Waals surface area contributed by atoms with Crippen molar-refractivity contribution in [1.82, 2.24) is 50.4 Å². The zero-order valence-corrected chi connectivity index (χ0v) is 46.2. The molecule has 6 aromatic rings. The number of benzene rings is 2. The molecule has 4 aromatic heterocycles. The molecule has 0 spiro atoms. The molecule has 18 nitrogen and oxygen atoms in total. The van der Waals surface area contributed by atoms with E-state index in [4.69, 9.17) is 5.73 Å². The van der Waals surface area contributed by atoms with Crippen LogP contribution >= 0.6 is 0 Å². The lowest BCUT2D eigenvalue weighted by atomic mass is 10.0. The van der Waals surface area contributed by atoms with Gasteiger partial charge in [0.2, 0.25) is 10.0 Å². The first-order valence-corrected chi connectivity index (χ1v) is 28.0. The van der Waals surface area contributed by atoms with E-state index in [2.05, 4.69) is 50.4 Å². The smallest absolute Gasteiger partial charge is 0.397 e. The lowest BCUT2D eigenvalue weighted by Crippen LogP contribution is -2.32. The van der Waals surface area contributed by atoms with Gasteiger partial charge in [-0.25, -0.2) is 18.4 Å². The van der Waals surface area contributed by atoms with E-state index in [1.807, 2.05) is 18.7 Å². The fraction of sp³-hybridized carbons (Fsp3) is 0.529. The quantitative estimate of drug-likeness (QED) is 0.0684. The Bertz CT molecular complexity index is 3150. The number of hydrogen-bond acceptors (Lipinski definition) is 15. The number of nitrogens with one attached hydrogen (secondary N) is 1. The number of sulfonamides is 1. The van der Waals surface area contributed by atoms with E-state index in [-0.39, 0.29) is 60.5 Å². The van der Waals surface area contributed by atoms with Crippen LogP contribution in [-0.4, -0.2) is 91.2 Å².